The van der Waals surface area contributed by atoms with Crippen LogP contribution in [-0.4, -0.2) is 12.1 Å². The normalized spacial score (nSPS) is 10.0. The lowest BCUT2D eigenvalue weighted by atomic mass is 10.2. The number of ether oxygens (including phenoxy) is 1. The smallest absolute Gasteiger partial charge is 0.214 e. The third-order valence-corrected chi connectivity index (χ3v) is 2.54. The van der Waals surface area contributed by atoms with E-state index in [1.165, 1.54) is 0 Å². The molecule has 1 heterocycles. The largest absolute Gasteiger partial charge is 0.481 e. The Hall–Kier alpha value is -1.94. The van der Waals surface area contributed by atoms with Crippen LogP contribution in [0, 0.1) is 0 Å². The number of nitrogens with zero attached hydrogens (tertiary/aromatic N) is 1. The fourth-order valence-corrected chi connectivity index (χ4v) is 1.56. The molecule has 0 aliphatic rings. The van der Waals surface area contributed by atoms with Crippen molar-refractivity contribution in [2.45, 2.75) is 0 Å². The summed E-state index contributed by atoms with van der Waals surface area (Å²) in [6, 6.07) is 8.87. The van der Waals surface area contributed by atoms with Gasteiger partial charge in [-0.05, 0) is 24.3 Å². The lowest BCUT2D eigenvalue weighted by molar-refractivity contribution is 0.398. The molecule has 3 N–H and O–H groups in total. The highest BCUT2D eigenvalue weighted by atomic mass is 35.5. The van der Waals surface area contributed by atoms with Crippen LogP contribution in [0.4, 0.5) is 17.1 Å². The van der Waals surface area contributed by atoms with Gasteiger partial charge < -0.3 is 15.8 Å². The summed E-state index contributed by atoms with van der Waals surface area (Å²) in [4.78, 5) is 4.02. The van der Waals surface area contributed by atoms with Crippen LogP contribution in [0.15, 0.2) is 36.5 Å². The van der Waals surface area contributed by atoms with Gasteiger partial charge in [0.15, 0.2) is 0 Å². The molecule has 0 saturated carbocycles. The molecule has 1 aromatic heterocycles. The lowest BCUT2D eigenvalue weighted by Gasteiger charge is -2.09. The molecule has 0 bridgehead atoms. The molecule has 0 unspecified atom stereocenters. The standard InChI is InChI=1S/C12H12ClN3O/c1-17-12-7-9(4-5-15-12)16-11-6-8(14)2-3-10(11)13/h2-7H,14H2,1H3,(H,15,16). The Morgan fingerprint density at radius 3 is 2.88 bits per heavy atom. The summed E-state index contributed by atoms with van der Waals surface area (Å²) in [5, 5.41) is 3.76. The number of aromatic nitrogens is 1. The van der Waals surface area contributed by atoms with Gasteiger partial charge in [0.1, 0.15) is 0 Å². The quantitative estimate of drug-likeness (QED) is 0.821. The van der Waals surface area contributed by atoms with Crippen molar-refractivity contribution in [1.82, 2.24) is 4.98 Å². The van der Waals surface area contributed by atoms with Crippen LogP contribution in [0.1, 0.15) is 0 Å². The number of hydrogen-bond donors (Lipinski definition) is 2. The summed E-state index contributed by atoms with van der Waals surface area (Å²) in [6.07, 6.45) is 1.65. The van der Waals surface area contributed by atoms with Crippen LogP contribution < -0.4 is 15.8 Å². The van der Waals surface area contributed by atoms with E-state index >= 15 is 0 Å². The summed E-state index contributed by atoms with van der Waals surface area (Å²) in [5.41, 5.74) is 7.94. The van der Waals surface area contributed by atoms with Gasteiger partial charge in [0.25, 0.3) is 0 Å². The Bertz CT molecular complexity index is 531. The minimum absolute atomic E-state index is 0.537. The maximum atomic E-state index is 6.05. The highest BCUT2D eigenvalue weighted by molar-refractivity contribution is 6.33. The van der Waals surface area contributed by atoms with Gasteiger partial charge in [-0.25, -0.2) is 4.98 Å². The molecule has 0 atom stereocenters. The maximum Gasteiger partial charge on any atom is 0.214 e. The zero-order valence-electron chi connectivity index (χ0n) is 9.27. The van der Waals surface area contributed by atoms with E-state index in [-0.39, 0.29) is 0 Å². The topological polar surface area (TPSA) is 60.2 Å². The molecule has 17 heavy (non-hydrogen) atoms. The van der Waals surface area contributed by atoms with E-state index in [0.717, 1.165) is 11.4 Å². The van der Waals surface area contributed by atoms with Crippen molar-refractivity contribution in [1.29, 1.82) is 0 Å². The minimum Gasteiger partial charge on any atom is -0.481 e. The van der Waals surface area contributed by atoms with Crippen molar-refractivity contribution in [3.8, 4) is 5.88 Å². The lowest BCUT2D eigenvalue weighted by Crippen LogP contribution is -1.95. The third kappa shape index (κ3) is 2.79. The Kier molecular flexibility index (Phi) is 3.35. The van der Waals surface area contributed by atoms with E-state index in [2.05, 4.69) is 10.3 Å². The molecule has 88 valence electrons. The van der Waals surface area contributed by atoms with Gasteiger partial charge in [-0.3, -0.25) is 0 Å². The first-order valence-corrected chi connectivity index (χ1v) is 5.39. The second kappa shape index (κ2) is 4.93. The first-order chi connectivity index (χ1) is 8.19. The summed E-state index contributed by atoms with van der Waals surface area (Å²) in [6.45, 7) is 0. The molecular weight excluding hydrogens is 238 g/mol. The molecule has 0 amide bonds. The number of hydrogen-bond acceptors (Lipinski definition) is 4. The first-order valence-electron chi connectivity index (χ1n) is 5.01. The molecule has 2 aromatic rings. The van der Waals surface area contributed by atoms with Crippen LogP contribution in [0.2, 0.25) is 5.02 Å². The summed E-state index contributed by atoms with van der Waals surface area (Å²) < 4.78 is 5.04. The average molecular weight is 250 g/mol. The predicted molar refractivity (Wildman–Crippen MR) is 69.9 cm³/mol. The van der Waals surface area contributed by atoms with Crippen molar-refractivity contribution in [2.24, 2.45) is 0 Å². The molecular formula is C12H12ClN3O. The predicted octanol–water partition coefficient (Wildman–Crippen LogP) is 3.07. The Morgan fingerprint density at radius 2 is 2.12 bits per heavy atom. The van der Waals surface area contributed by atoms with Crippen molar-refractivity contribution in [2.75, 3.05) is 18.2 Å². The highest BCUT2D eigenvalue weighted by Crippen LogP contribution is 2.28. The Labute approximate surface area is 104 Å². The monoisotopic (exact) mass is 249 g/mol. The molecule has 1 aromatic carbocycles. The molecule has 0 saturated heterocycles. The maximum absolute atomic E-state index is 6.05. The van der Waals surface area contributed by atoms with Crippen molar-refractivity contribution in [3.63, 3.8) is 0 Å². The molecule has 0 aliphatic heterocycles. The number of methoxy groups -OCH3 is 1. The molecule has 0 spiro atoms. The highest BCUT2D eigenvalue weighted by Gasteiger charge is 2.02. The van der Waals surface area contributed by atoms with E-state index < -0.39 is 0 Å². The fourth-order valence-electron chi connectivity index (χ4n) is 1.39. The van der Waals surface area contributed by atoms with Crippen LogP contribution in [-0.2, 0) is 0 Å². The van der Waals surface area contributed by atoms with E-state index in [9.17, 15) is 0 Å². The average Bonchev–Trinajstić information content (AvgIpc) is 2.34. The Morgan fingerprint density at radius 1 is 1.29 bits per heavy atom. The second-order valence-corrected chi connectivity index (χ2v) is 3.86. The van der Waals surface area contributed by atoms with Gasteiger partial charge >= 0.3 is 0 Å². The Balaban J connectivity index is 2.27. The van der Waals surface area contributed by atoms with Crippen LogP contribution >= 0.6 is 11.6 Å². The molecule has 0 aliphatic carbocycles. The van der Waals surface area contributed by atoms with E-state index in [1.807, 2.05) is 6.07 Å². The fraction of sp³-hybridized carbons (Fsp3) is 0.0833. The van der Waals surface area contributed by atoms with Gasteiger partial charge in [0.05, 0.1) is 17.8 Å². The number of nitrogens with one attached hydrogen (secondary N) is 1. The van der Waals surface area contributed by atoms with E-state index in [1.54, 1.807) is 37.6 Å². The zero-order chi connectivity index (χ0) is 12.3. The number of rotatable bonds is 3. The number of nitrogens with two attached hydrogens (primary N) is 1. The van der Waals surface area contributed by atoms with Crippen LogP contribution in [0.5, 0.6) is 5.88 Å². The summed E-state index contributed by atoms with van der Waals surface area (Å²) in [5.74, 6) is 0.537. The molecule has 2 rings (SSSR count). The SMILES string of the molecule is COc1cc(Nc2cc(N)ccc2Cl)ccn1. The molecule has 0 fully saturated rings. The van der Waals surface area contributed by atoms with E-state index in [4.69, 9.17) is 22.1 Å². The molecule has 0 radical (unpaired) electrons. The minimum atomic E-state index is 0.537. The van der Waals surface area contributed by atoms with Crippen LogP contribution in [0.3, 0.4) is 0 Å². The number of nitrogen functional groups attached to an aromatic ring is 1. The van der Waals surface area contributed by atoms with Crippen molar-refractivity contribution >= 4 is 28.7 Å². The van der Waals surface area contributed by atoms with Gasteiger partial charge in [-0.15, -0.1) is 0 Å². The van der Waals surface area contributed by atoms with Gasteiger partial charge in [0.2, 0.25) is 5.88 Å². The number of halogens is 1. The zero-order valence-corrected chi connectivity index (χ0v) is 10.0. The van der Waals surface area contributed by atoms with Gasteiger partial charge in [0, 0.05) is 23.6 Å². The van der Waals surface area contributed by atoms with Gasteiger partial charge in [-0.2, -0.15) is 0 Å². The third-order valence-electron chi connectivity index (χ3n) is 2.21. The van der Waals surface area contributed by atoms with Gasteiger partial charge in [-0.1, -0.05) is 11.6 Å². The summed E-state index contributed by atoms with van der Waals surface area (Å²) in [7, 11) is 1.57. The molecule has 4 nitrogen and oxygen atoms in total. The number of benzene rings is 1. The number of anilines is 3. The van der Waals surface area contributed by atoms with Crippen molar-refractivity contribution in [3.05, 3.63) is 41.6 Å². The van der Waals surface area contributed by atoms with Crippen LogP contribution in [0.25, 0.3) is 0 Å². The van der Waals surface area contributed by atoms with Crippen molar-refractivity contribution < 1.29 is 4.74 Å². The first kappa shape index (κ1) is 11.5. The summed E-state index contributed by atoms with van der Waals surface area (Å²) >= 11 is 6.05. The second-order valence-electron chi connectivity index (χ2n) is 3.45. The molecule has 5 heteroatoms. The number of pyridine rings is 1. The van der Waals surface area contributed by atoms with E-state index in [0.29, 0.717) is 16.6 Å².